The summed E-state index contributed by atoms with van der Waals surface area (Å²) in [5.41, 5.74) is 3.18. The molecule has 0 aromatic heterocycles. The van der Waals surface area contributed by atoms with E-state index in [0.717, 1.165) is 11.1 Å². The summed E-state index contributed by atoms with van der Waals surface area (Å²) >= 11 is 11.9. The van der Waals surface area contributed by atoms with Gasteiger partial charge in [0.05, 0.1) is 13.1 Å². The molecule has 2 rings (SSSR count). The molecule has 0 aliphatic rings. The highest BCUT2D eigenvalue weighted by molar-refractivity contribution is 6.31. The molecule has 7 heteroatoms. The van der Waals surface area contributed by atoms with E-state index in [2.05, 4.69) is 10.6 Å². The van der Waals surface area contributed by atoms with Crippen LogP contribution in [0.5, 0.6) is 0 Å². The van der Waals surface area contributed by atoms with Crippen LogP contribution in [0.15, 0.2) is 36.4 Å². The maximum absolute atomic E-state index is 12.3. The summed E-state index contributed by atoms with van der Waals surface area (Å²) in [5, 5.41) is 6.87. The standard InChI is InChI=1S/C20H23Cl2N3O2/c1-4-25(11-19(26)23-17-8-7-15(21)9-14(17)3)12-20(27)24-18-10-16(22)6-5-13(18)2/h5-10H,4,11-12H2,1-3H3,(H,23,26)(H,24,27). The molecule has 0 bridgehead atoms. The Labute approximate surface area is 169 Å². The molecule has 144 valence electrons. The van der Waals surface area contributed by atoms with Gasteiger partial charge in [0, 0.05) is 21.4 Å². The maximum atomic E-state index is 12.3. The van der Waals surface area contributed by atoms with E-state index in [1.165, 1.54) is 0 Å². The first-order chi connectivity index (χ1) is 12.8. The first-order valence-corrected chi connectivity index (χ1v) is 9.38. The van der Waals surface area contributed by atoms with Gasteiger partial charge in [0.1, 0.15) is 0 Å². The third kappa shape index (κ3) is 6.54. The van der Waals surface area contributed by atoms with Crippen LogP contribution in [-0.4, -0.2) is 36.3 Å². The number of halogens is 2. The summed E-state index contributed by atoms with van der Waals surface area (Å²) in [4.78, 5) is 26.4. The Morgan fingerprint density at radius 1 is 0.852 bits per heavy atom. The molecule has 0 saturated carbocycles. The number of nitrogens with one attached hydrogen (secondary N) is 2. The summed E-state index contributed by atoms with van der Waals surface area (Å²) in [5.74, 6) is -0.383. The molecule has 0 fully saturated rings. The van der Waals surface area contributed by atoms with E-state index >= 15 is 0 Å². The number of carbonyl (C=O) groups excluding carboxylic acids is 2. The number of hydrogen-bond donors (Lipinski definition) is 2. The van der Waals surface area contributed by atoms with Crippen LogP contribution in [0.3, 0.4) is 0 Å². The van der Waals surface area contributed by atoms with Crippen molar-refractivity contribution in [2.24, 2.45) is 0 Å². The van der Waals surface area contributed by atoms with Crippen molar-refractivity contribution in [2.45, 2.75) is 20.8 Å². The third-order valence-corrected chi connectivity index (χ3v) is 4.59. The number of hydrogen-bond acceptors (Lipinski definition) is 3. The summed E-state index contributed by atoms with van der Waals surface area (Å²) in [6, 6.07) is 10.6. The summed E-state index contributed by atoms with van der Waals surface area (Å²) < 4.78 is 0. The summed E-state index contributed by atoms with van der Waals surface area (Å²) in [6.45, 7) is 6.45. The smallest absolute Gasteiger partial charge is 0.238 e. The average Bonchev–Trinajstić information content (AvgIpc) is 2.60. The fraction of sp³-hybridized carbons (Fsp3) is 0.300. The number of anilines is 2. The van der Waals surface area contributed by atoms with Gasteiger partial charge >= 0.3 is 0 Å². The van der Waals surface area contributed by atoms with Crippen molar-refractivity contribution in [3.63, 3.8) is 0 Å². The molecule has 0 aliphatic carbocycles. The Hall–Kier alpha value is -2.08. The summed E-state index contributed by atoms with van der Waals surface area (Å²) in [7, 11) is 0. The van der Waals surface area contributed by atoms with Crippen LogP contribution >= 0.6 is 23.2 Å². The van der Waals surface area contributed by atoms with E-state index in [1.807, 2.05) is 26.8 Å². The van der Waals surface area contributed by atoms with Crippen molar-refractivity contribution < 1.29 is 9.59 Å². The van der Waals surface area contributed by atoms with Gasteiger partial charge in [0.25, 0.3) is 0 Å². The average molecular weight is 408 g/mol. The molecule has 2 aromatic carbocycles. The normalized spacial score (nSPS) is 10.7. The monoisotopic (exact) mass is 407 g/mol. The van der Waals surface area contributed by atoms with E-state index < -0.39 is 0 Å². The molecule has 0 radical (unpaired) electrons. The van der Waals surface area contributed by atoms with Crippen molar-refractivity contribution in [1.82, 2.24) is 4.90 Å². The lowest BCUT2D eigenvalue weighted by Crippen LogP contribution is -2.38. The van der Waals surface area contributed by atoms with Crippen molar-refractivity contribution in [1.29, 1.82) is 0 Å². The molecule has 5 nitrogen and oxygen atoms in total. The maximum Gasteiger partial charge on any atom is 0.238 e. The van der Waals surface area contributed by atoms with Gasteiger partial charge in [0.15, 0.2) is 0 Å². The Bertz CT molecular complexity index is 840. The Balaban J connectivity index is 1.93. The number of carbonyl (C=O) groups is 2. The van der Waals surface area contributed by atoms with E-state index in [1.54, 1.807) is 35.2 Å². The zero-order chi connectivity index (χ0) is 20.0. The van der Waals surface area contributed by atoms with E-state index in [0.29, 0.717) is 28.0 Å². The van der Waals surface area contributed by atoms with Crippen molar-refractivity contribution in [2.75, 3.05) is 30.3 Å². The highest BCUT2D eigenvalue weighted by Gasteiger charge is 2.15. The van der Waals surface area contributed by atoms with Gasteiger partial charge in [-0.1, -0.05) is 36.2 Å². The molecule has 0 aliphatic heterocycles. The highest BCUT2D eigenvalue weighted by Crippen LogP contribution is 2.21. The molecule has 0 saturated heterocycles. The molecule has 0 spiro atoms. The lowest BCUT2D eigenvalue weighted by molar-refractivity contribution is -0.119. The second-order valence-corrected chi connectivity index (χ2v) is 7.19. The van der Waals surface area contributed by atoms with Crippen LogP contribution in [0.1, 0.15) is 18.1 Å². The van der Waals surface area contributed by atoms with Crippen molar-refractivity contribution in [3.8, 4) is 0 Å². The zero-order valence-electron chi connectivity index (χ0n) is 15.6. The predicted octanol–water partition coefficient (Wildman–Crippen LogP) is 4.51. The van der Waals surface area contributed by atoms with Crippen molar-refractivity contribution in [3.05, 3.63) is 57.6 Å². The lowest BCUT2D eigenvalue weighted by atomic mass is 10.2. The minimum absolute atomic E-state index is 0.107. The van der Waals surface area contributed by atoms with Crippen LogP contribution in [0.4, 0.5) is 11.4 Å². The summed E-state index contributed by atoms with van der Waals surface area (Å²) in [6.07, 6.45) is 0. The lowest BCUT2D eigenvalue weighted by Gasteiger charge is -2.20. The Morgan fingerprint density at radius 3 is 2.00 bits per heavy atom. The molecule has 2 amide bonds. The second kappa shape index (κ2) is 9.74. The topological polar surface area (TPSA) is 61.4 Å². The minimum atomic E-state index is -0.197. The predicted molar refractivity (Wildman–Crippen MR) is 112 cm³/mol. The van der Waals surface area contributed by atoms with Crippen LogP contribution < -0.4 is 10.6 Å². The molecular weight excluding hydrogens is 385 g/mol. The van der Waals surface area contributed by atoms with E-state index in [9.17, 15) is 9.59 Å². The second-order valence-electron chi connectivity index (χ2n) is 6.32. The van der Waals surface area contributed by atoms with Crippen LogP contribution in [0, 0.1) is 13.8 Å². The highest BCUT2D eigenvalue weighted by atomic mass is 35.5. The first kappa shape index (κ1) is 21.2. The minimum Gasteiger partial charge on any atom is -0.325 e. The number of benzene rings is 2. The Kier molecular flexibility index (Phi) is 7.66. The first-order valence-electron chi connectivity index (χ1n) is 8.63. The fourth-order valence-corrected chi connectivity index (χ4v) is 2.96. The number of amides is 2. The molecule has 0 unspecified atom stereocenters. The van der Waals surface area contributed by atoms with Crippen LogP contribution in [0.2, 0.25) is 10.0 Å². The molecule has 0 heterocycles. The van der Waals surface area contributed by atoms with Crippen LogP contribution in [-0.2, 0) is 9.59 Å². The number of rotatable bonds is 7. The molecule has 2 aromatic rings. The van der Waals surface area contributed by atoms with Gasteiger partial charge in [-0.2, -0.15) is 0 Å². The number of aryl methyl sites for hydroxylation is 2. The zero-order valence-corrected chi connectivity index (χ0v) is 17.1. The fourth-order valence-electron chi connectivity index (χ4n) is 2.56. The Morgan fingerprint density at radius 2 is 1.41 bits per heavy atom. The van der Waals surface area contributed by atoms with Gasteiger partial charge < -0.3 is 10.6 Å². The van der Waals surface area contributed by atoms with Gasteiger partial charge in [-0.15, -0.1) is 0 Å². The van der Waals surface area contributed by atoms with Gasteiger partial charge in [0.2, 0.25) is 11.8 Å². The molecular formula is C20H23Cl2N3O2. The quantitative estimate of drug-likeness (QED) is 0.709. The molecule has 2 N–H and O–H groups in total. The molecule has 27 heavy (non-hydrogen) atoms. The van der Waals surface area contributed by atoms with Crippen LogP contribution in [0.25, 0.3) is 0 Å². The molecule has 0 atom stereocenters. The van der Waals surface area contributed by atoms with Gasteiger partial charge in [-0.3, -0.25) is 14.5 Å². The van der Waals surface area contributed by atoms with Gasteiger partial charge in [-0.25, -0.2) is 0 Å². The van der Waals surface area contributed by atoms with Gasteiger partial charge in [-0.05, 0) is 61.9 Å². The van der Waals surface area contributed by atoms with Crippen molar-refractivity contribution >= 4 is 46.4 Å². The number of likely N-dealkylation sites (N-methyl/N-ethyl adjacent to an activating group) is 1. The third-order valence-electron chi connectivity index (χ3n) is 4.12. The van der Waals surface area contributed by atoms with E-state index in [-0.39, 0.29) is 24.9 Å². The number of nitrogens with zero attached hydrogens (tertiary/aromatic N) is 1. The largest absolute Gasteiger partial charge is 0.325 e. The SMILES string of the molecule is CCN(CC(=O)Nc1ccc(Cl)cc1C)CC(=O)Nc1cc(Cl)ccc1C. The van der Waals surface area contributed by atoms with E-state index in [4.69, 9.17) is 23.2 Å².